The van der Waals surface area contributed by atoms with E-state index in [9.17, 15) is 4.79 Å². The highest BCUT2D eigenvalue weighted by Gasteiger charge is 2.01. The van der Waals surface area contributed by atoms with Crippen molar-refractivity contribution in [1.82, 2.24) is 15.2 Å². The van der Waals surface area contributed by atoms with Crippen molar-refractivity contribution < 1.29 is 4.79 Å². The molecule has 0 aromatic carbocycles. The van der Waals surface area contributed by atoms with Crippen LogP contribution < -0.4 is 0 Å². The van der Waals surface area contributed by atoms with Gasteiger partial charge in [0.05, 0.1) is 5.69 Å². The van der Waals surface area contributed by atoms with E-state index < -0.39 is 0 Å². The highest BCUT2D eigenvalue weighted by atomic mass is 16.1. The number of pyridine rings is 1. The molecule has 0 fully saturated rings. The van der Waals surface area contributed by atoms with Crippen LogP contribution >= 0.6 is 0 Å². The fourth-order valence-electron chi connectivity index (χ4n) is 1.07. The zero-order chi connectivity index (χ0) is 9.10. The van der Waals surface area contributed by atoms with Crippen LogP contribution in [0.4, 0.5) is 0 Å². The third-order valence-electron chi connectivity index (χ3n) is 1.69. The predicted molar refractivity (Wildman–Crippen MR) is 47.2 cm³/mol. The summed E-state index contributed by atoms with van der Waals surface area (Å²) in [5.74, 6) is 0. The SMILES string of the molecule is O=Cc1cc(-c2cccnc2)[nH]n1. The first kappa shape index (κ1) is 7.67. The van der Waals surface area contributed by atoms with Crippen LogP contribution in [0, 0.1) is 0 Å². The minimum Gasteiger partial charge on any atom is -0.296 e. The molecule has 2 aromatic rings. The molecule has 0 aliphatic rings. The van der Waals surface area contributed by atoms with Crippen molar-refractivity contribution >= 4 is 6.29 Å². The largest absolute Gasteiger partial charge is 0.296 e. The second-order valence-electron chi connectivity index (χ2n) is 2.57. The summed E-state index contributed by atoms with van der Waals surface area (Å²) < 4.78 is 0. The molecule has 2 aromatic heterocycles. The van der Waals surface area contributed by atoms with Crippen LogP contribution in [-0.4, -0.2) is 21.5 Å². The number of hydrogen-bond donors (Lipinski definition) is 1. The second-order valence-corrected chi connectivity index (χ2v) is 2.57. The van der Waals surface area contributed by atoms with Crippen molar-refractivity contribution in [3.8, 4) is 11.3 Å². The smallest absolute Gasteiger partial charge is 0.170 e. The zero-order valence-electron chi connectivity index (χ0n) is 6.77. The topological polar surface area (TPSA) is 58.6 Å². The van der Waals surface area contributed by atoms with Gasteiger partial charge in [-0.15, -0.1) is 0 Å². The maximum absolute atomic E-state index is 10.4. The first-order chi connectivity index (χ1) is 6.40. The van der Waals surface area contributed by atoms with Gasteiger partial charge in [-0.2, -0.15) is 5.10 Å². The lowest BCUT2D eigenvalue weighted by molar-refractivity contribution is 0.111. The molecule has 0 saturated heterocycles. The number of H-pyrrole nitrogens is 1. The van der Waals surface area contributed by atoms with Crippen molar-refractivity contribution in [2.75, 3.05) is 0 Å². The third-order valence-corrected chi connectivity index (χ3v) is 1.69. The van der Waals surface area contributed by atoms with Crippen molar-refractivity contribution in [2.45, 2.75) is 0 Å². The molecule has 0 unspecified atom stereocenters. The molecule has 0 aliphatic carbocycles. The van der Waals surface area contributed by atoms with Gasteiger partial charge >= 0.3 is 0 Å². The van der Waals surface area contributed by atoms with E-state index >= 15 is 0 Å². The van der Waals surface area contributed by atoms with Crippen LogP contribution in [0.2, 0.25) is 0 Å². The van der Waals surface area contributed by atoms with E-state index in [1.165, 1.54) is 0 Å². The van der Waals surface area contributed by atoms with Gasteiger partial charge in [0.2, 0.25) is 0 Å². The predicted octanol–water partition coefficient (Wildman–Crippen LogP) is 1.28. The molecule has 0 atom stereocenters. The van der Waals surface area contributed by atoms with Gasteiger partial charge in [0.15, 0.2) is 6.29 Å². The van der Waals surface area contributed by atoms with E-state index in [1.807, 2.05) is 12.1 Å². The molecule has 0 bridgehead atoms. The Labute approximate surface area is 74.6 Å². The van der Waals surface area contributed by atoms with Crippen LogP contribution in [0.25, 0.3) is 11.3 Å². The Hall–Kier alpha value is -1.97. The normalized spacial score (nSPS) is 9.85. The lowest BCUT2D eigenvalue weighted by Crippen LogP contribution is -1.78. The van der Waals surface area contributed by atoms with Crippen molar-refractivity contribution in [3.05, 3.63) is 36.3 Å². The van der Waals surface area contributed by atoms with E-state index in [2.05, 4.69) is 15.2 Å². The molecule has 0 amide bonds. The van der Waals surface area contributed by atoms with Crippen LogP contribution in [-0.2, 0) is 0 Å². The summed E-state index contributed by atoms with van der Waals surface area (Å²) in [6.45, 7) is 0. The van der Waals surface area contributed by atoms with Gasteiger partial charge in [0.25, 0.3) is 0 Å². The maximum Gasteiger partial charge on any atom is 0.170 e. The standard InChI is InChI=1S/C9H7N3O/c13-6-8-4-9(12-11-8)7-2-1-3-10-5-7/h1-6H,(H,11,12). The van der Waals surface area contributed by atoms with E-state index in [4.69, 9.17) is 0 Å². The Bertz CT molecular complexity index is 408. The summed E-state index contributed by atoms with van der Waals surface area (Å²) in [5.41, 5.74) is 2.12. The van der Waals surface area contributed by atoms with Crippen molar-refractivity contribution in [1.29, 1.82) is 0 Å². The summed E-state index contributed by atoms with van der Waals surface area (Å²) >= 11 is 0. The first-order valence-corrected chi connectivity index (χ1v) is 3.81. The van der Waals surface area contributed by atoms with Crippen molar-refractivity contribution in [3.63, 3.8) is 0 Å². The molecule has 0 spiro atoms. The Kier molecular flexibility index (Phi) is 1.88. The van der Waals surface area contributed by atoms with Crippen LogP contribution in [0.3, 0.4) is 0 Å². The summed E-state index contributed by atoms with van der Waals surface area (Å²) in [5, 5.41) is 6.54. The van der Waals surface area contributed by atoms with E-state index in [-0.39, 0.29) is 0 Å². The Morgan fingerprint density at radius 2 is 2.38 bits per heavy atom. The number of aromatic amines is 1. The molecule has 64 valence electrons. The average molecular weight is 173 g/mol. The Balaban J connectivity index is 2.41. The molecule has 2 heterocycles. The molecule has 4 heteroatoms. The molecule has 0 aliphatic heterocycles. The highest BCUT2D eigenvalue weighted by Crippen LogP contribution is 2.14. The lowest BCUT2D eigenvalue weighted by Gasteiger charge is -1.92. The number of carbonyl (C=O) groups excluding carboxylic acids is 1. The second kappa shape index (κ2) is 3.18. The summed E-state index contributed by atoms with van der Waals surface area (Å²) in [7, 11) is 0. The molecule has 2 rings (SSSR count). The fraction of sp³-hybridized carbons (Fsp3) is 0. The summed E-state index contributed by atoms with van der Waals surface area (Å²) in [4.78, 5) is 14.3. The van der Waals surface area contributed by atoms with E-state index in [0.717, 1.165) is 11.3 Å². The van der Waals surface area contributed by atoms with Gasteiger partial charge in [0.1, 0.15) is 5.69 Å². The first-order valence-electron chi connectivity index (χ1n) is 3.81. The van der Waals surface area contributed by atoms with Gasteiger partial charge in [-0.1, -0.05) is 0 Å². The molecular weight excluding hydrogens is 166 g/mol. The third kappa shape index (κ3) is 1.46. The average Bonchev–Trinajstić information content (AvgIpc) is 2.67. The Morgan fingerprint density at radius 3 is 3.00 bits per heavy atom. The number of hydrogen-bond acceptors (Lipinski definition) is 3. The van der Waals surface area contributed by atoms with Crippen LogP contribution in [0.15, 0.2) is 30.6 Å². The van der Waals surface area contributed by atoms with Gasteiger partial charge in [0, 0.05) is 18.0 Å². The highest BCUT2D eigenvalue weighted by molar-refractivity contribution is 5.75. The number of aldehydes is 1. The molecule has 0 saturated carbocycles. The zero-order valence-corrected chi connectivity index (χ0v) is 6.77. The number of nitrogens with one attached hydrogen (secondary N) is 1. The molecule has 1 N–H and O–H groups in total. The summed E-state index contributed by atoms with van der Waals surface area (Å²) in [6.07, 6.45) is 4.11. The van der Waals surface area contributed by atoms with Gasteiger partial charge in [-0.05, 0) is 18.2 Å². The number of carbonyl (C=O) groups is 1. The number of nitrogens with zero attached hydrogens (tertiary/aromatic N) is 2. The number of rotatable bonds is 2. The molecule has 4 nitrogen and oxygen atoms in total. The van der Waals surface area contributed by atoms with Gasteiger partial charge in [-0.25, -0.2) is 0 Å². The van der Waals surface area contributed by atoms with Gasteiger partial charge in [-0.3, -0.25) is 14.9 Å². The summed E-state index contributed by atoms with van der Waals surface area (Å²) in [6, 6.07) is 5.41. The van der Waals surface area contributed by atoms with E-state index in [1.54, 1.807) is 18.5 Å². The van der Waals surface area contributed by atoms with E-state index in [0.29, 0.717) is 12.0 Å². The minimum atomic E-state index is 0.402. The Morgan fingerprint density at radius 1 is 1.46 bits per heavy atom. The van der Waals surface area contributed by atoms with Crippen LogP contribution in [0.1, 0.15) is 10.5 Å². The van der Waals surface area contributed by atoms with Crippen LogP contribution in [0.5, 0.6) is 0 Å². The fourth-order valence-corrected chi connectivity index (χ4v) is 1.07. The lowest BCUT2D eigenvalue weighted by atomic mass is 10.2. The molecule has 13 heavy (non-hydrogen) atoms. The molecule has 0 radical (unpaired) electrons. The van der Waals surface area contributed by atoms with Gasteiger partial charge < -0.3 is 0 Å². The number of aromatic nitrogens is 3. The monoisotopic (exact) mass is 173 g/mol. The van der Waals surface area contributed by atoms with Crippen molar-refractivity contribution in [2.24, 2.45) is 0 Å². The maximum atomic E-state index is 10.4. The quantitative estimate of drug-likeness (QED) is 0.696. The minimum absolute atomic E-state index is 0.402. The molecular formula is C9H7N3O.